The van der Waals surface area contributed by atoms with E-state index < -0.39 is 0 Å². The number of rotatable bonds is 0. The average molecular weight is 906 g/mol. The van der Waals surface area contributed by atoms with Crippen molar-refractivity contribution in [1.29, 1.82) is 0 Å². The lowest BCUT2D eigenvalue weighted by Crippen LogP contribution is -2.39. The van der Waals surface area contributed by atoms with E-state index in [-0.39, 0.29) is 0 Å². The van der Waals surface area contributed by atoms with Gasteiger partial charge in [0.05, 0.1) is 13.2 Å². The predicted molar refractivity (Wildman–Crippen MR) is 295 cm³/mol. The minimum Gasteiger partial charge on any atom is -0.381 e. The maximum absolute atomic E-state index is 5.07. The van der Waals surface area contributed by atoms with E-state index in [1.54, 1.807) is 0 Å². The molecule has 4 heterocycles. The molecule has 0 radical (unpaired) electrons. The smallest absolute Gasteiger partial charge is 0.0591 e. The standard InChI is InChI=1S/C5H10O.C5H10.C4H10N2.C4H9NO.C4H9N.C4H8.7C4H10.C3H6/c1-2-4-6-5-3-1;1-2-4-5-3-1;1-2-6-4-3-5-1;1-3-6-4-2-5-1;1-2-4-5-3-1;1-2-4-3-1;7*1-4(2)3;1-2-3-1/h1-5H2;1-5H2;5-6H,1-4H2;5H,1-4H2;5H,1-4H2;1-4H2;7*4H,1-3H3;1-3H2. The fourth-order valence-electron chi connectivity index (χ4n) is 3.57. The van der Waals surface area contributed by atoms with Crippen LogP contribution in [0.1, 0.15) is 255 Å². The maximum atomic E-state index is 5.07. The van der Waals surface area contributed by atoms with Crippen LogP contribution in [0.4, 0.5) is 0 Å². The van der Waals surface area contributed by atoms with Gasteiger partial charge in [-0.05, 0) is 86.6 Å². The van der Waals surface area contributed by atoms with Crippen molar-refractivity contribution in [3.63, 3.8) is 0 Å². The molecule has 6 heteroatoms. The lowest BCUT2D eigenvalue weighted by Gasteiger charge is -2.11. The highest BCUT2D eigenvalue weighted by Gasteiger charge is 1.97. The summed E-state index contributed by atoms with van der Waals surface area (Å²) in [6, 6.07) is 0. The Kier molecular flexibility index (Phi) is 89.6. The van der Waals surface area contributed by atoms with Gasteiger partial charge in [-0.1, -0.05) is 222 Å². The minimum absolute atomic E-state index is 0.833. The quantitative estimate of drug-likeness (QED) is 0.194. The van der Waals surface area contributed by atoms with Gasteiger partial charge in [0.25, 0.3) is 0 Å². The zero-order chi connectivity index (χ0) is 49.8. The van der Waals surface area contributed by atoms with Crippen LogP contribution in [0.3, 0.4) is 0 Å². The summed E-state index contributed by atoms with van der Waals surface area (Å²) in [5.41, 5.74) is 0. The summed E-state index contributed by atoms with van der Waals surface area (Å²) in [7, 11) is 0. The molecule has 3 saturated carbocycles. The predicted octanol–water partition coefficient (Wildman–Crippen LogP) is 16.7. The van der Waals surface area contributed by atoms with Crippen LogP contribution in [0.2, 0.25) is 0 Å². The molecule has 7 rings (SSSR count). The molecule has 4 saturated heterocycles. The molecule has 0 aromatic heterocycles. The van der Waals surface area contributed by atoms with Gasteiger partial charge >= 0.3 is 0 Å². The van der Waals surface area contributed by atoms with E-state index in [1.165, 1.54) is 122 Å². The van der Waals surface area contributed by atoms with Gasteiger partial charge in [0, 0.05) is 52.5 Å². The molecule has 0 unspecified atom stereocenters. The van der Waals surface area contributed by atoms with Gasteiger partial charge in [-0.15, -0.1) is 0 Å². The Morgan fingerprint density at radius 2 is 0.349 bits per heavy atom. The Balaban J connectivity index is -0.000000108. The average Bonchev–Trinajstić information content (AvgIpc) is 3.63. The number of hydrogen-bond donors (Lipinski definition) is 4. The Morgan fingerprint density at radius 1 is 0.190 bits per heavy atom. The molecular formula is C57H132N4O2. The Morgan fingerprint density at radius 3 is 0.429 bits per heavy atom. The largest absolute Gasteiger partial charge is 0.381 e. The fraction of sp³-hybridized carbons (Fsp3) is 1.00. The van der Waals surface area contributed by atoms with Gasteiger partial charge in [-0.3, -0.25) is 0 Å². The summed E-state index contributed by atoms with van der Waals surface area (Å²) in [6.07, 6.45) is 24.7. The Labute approximate surface area is 404 Å². The van der Waals surface area contributed by atoms with Crippen molar-refractivity contribution < 1.29 is 9.47 Å². The van der Waals surface area contributed by atoms with E-state index in [0.717, 1.165) is 107 Å². The second-order valence-corrected chi connectivity index (χ2v) is 22.4. The molecule has 7 aliphatic rings. The van der Waals surface area contributed by atoms with Crippen molar-refractivity contribution in [2.45, 2.75) is 255 Å². The fourth-order valence-corrected chi connectivity index (χ4v) is 3.57. The van der Waals surface area contributed by atoms with E-state index in [4.69, 9.17) is 9.47 Å². The second kappa shape index (κ2) is 73.3. The van der Waals surface area contributed by atoms with E-state index in [1.807, 2.05) is 0 Å². The first kappa shape index (κ1) is 77.0. The molecule has 3 aliphatic carbocycles. The molecule has 7 fully saturated rings. The molecule has 0 aromatic rings. The third-order valence-electron chi connectivity index (χ3n) is 6.44. The molecule has 392 valence electrons. The lowest BCUT2D eigenvalue weighted by molar-refractivity contribution is 0.0968. The van der Waals surface area contributed by atoms with Gasteiger partial charge in [0.1, 0.15) is 0 Å². The number of nitrogens with one attached hydrogen (secondary N) is 4. The third-order valence-corrected chi connectivity index (χ3v) is 6.44. The van der Waals surface area contributed by atoms with Crippen molar-refractivity contribution in [3.05, 3.63) is 0 Å². The molecule has 4 N–H and O–H groups in total. The van der Waals surface area contributed by atoms with Crippen LogP contribution in [-0.2, 0) is 9.47 Å². The minimum atomic E-state index is 0.833. The van der Waals surface area contributed by atoms with Crippen LogP contribution in [0.5, 0.6) is 0 Å². The molecular weight excluding hydrogens is 773 g/mol. The normalized spacial score (nSPS) is 17.3. The first-order valence-electron chi connectivity index (χ1n) is 27.6. The Bertz CT molecular complexity index is 471. The van der Waals surface area contributed by atoms with Crippen LogP contribution in [0.25, 0.3) is 0 Å². The van der Waals surface area contributed by atoms with Gasteiger partial charge in [0.2, 0.25) is 0 Å². The van der Waals surface area contributed by atoms with Crippen molar-refractivity contribution in [3.8, 4) is 0 Å². The van der Waals surface area contributed by atoms with Crippen LogP contribution in [0.15, 0.2) is 0 Å². The topological polar surface area (TPSA) is 66.6 Å². The maximum Gasteiger partial charge on any atom is 0.0591 e. The zero-order valence-corrected chi connectivity index (χ0v) is 48.4. The molecule has 0 amide bonds. The summed E-state index contributed by atoms with van der Waals surface area (Å²) in [4.78, 5) is 0. The number of morpholine rings is 1. The van der Waals surface area contributed by atoms with E-state index in [0.29, 0.717) is 0 Å². The Hall–Kier alpha value is -0.240. The van der Waals surface area contributed by atoms with Crippen molar-refractivity contribution in [1.82, 2.24) is 21.3 Å². The van der Waals surface area contributed by atoms with Gasteiger partial charge in [-0.2, -0.15) is 0 Å². The third kappa shape index (κ3) is 206. The van der Waals surface area contributed by atoms with Crippen molar-refractivity contribution in [2.75, 3.05) is 78.8 Å². The molecule has 0 atom stereocenters. The van der Waals surface area contributed by atoms with E-state index in [9.17, 15) is 0 Å². The summed E-state index contributed by atoms with van der Waals surface area (Å²) < 4.78 is 10.1. The summed E-state index contributed by atoms with van der Waals surface area (Å²) >= 11 is 0. The molecule has 63 heavy (non-hydrogen) atoms. The van der Waals surface area contributed by atoms with E-state index >= 15 is 0 Å². The first-order valence-corrected chi connectivity index (χ1v) is 27.6. The van der Waals surface area contributed by atoms with Crippen LogP contribution < -0.4 is 21.3 Å². The van der Waals surface area contributed by atoms with Crippen molar-refractivity contribution >= 4 is 0 Å². The summed E-state index contributed by atoms with van der Waals surface area (Å²) in [5.74, 6) is 5.83. The first-order chi connectivity index (χ1) is 29.6. The zero-order valence-electron chi connectivity index (χ0n) is 48.4. The number of hydrogen-bond acceptors (Lipinski definition) is 6. The number of ether oxygens (including phenoxy) is 2. The molecule has 4 aliphatic heterocycles. The summed E-state index contributed by atoms with van der Waals surface area (Å²) in [5, 5.41) is 12.8. The van der Waals surface area contributed by atoms with Crippen LogP contribution in [0, 0.1) is 41.4 Å². The molecule has 0 spiro atoms. The number of piperazine rings is 1. The highest BCUT2D eigenvalue weighted by molar-refractivity contribution is 4.59. The second-order valence-electron chi connectivity index (χ2n) is 22.4. The van der Waals surface area contributed by atoms with Crippen LogP contribution >= 0.6 is 0 Å². The van der Waals surface area contributed by atoms with Gasteiger partial charge < -0.3 is 30.7 Å². The monoisotopic (exact) mass is 905 g/mol. The lowest BCUT2D eigenvalue weighted by atomic mass is 10.0. The highest BCUT2D eigenvalue weighted by atomic mass is 16.5. The molecule has 0 aromatic carbocycles. The molecule has 6 nitrogen and oxygen atoms in total. The van der Waals surface area contributed by atoms with E-state index in [2.05, 4.69) is 167 Å². The molecule has 0 bridgehead atoms. The van der Waals surface area contributed by atoms with Crippen LogP contribution in [-0.4, -0.2) is 78.8 Å². The highest BCUT2D eigenvalue weighted by Crippen LogP contribution is 2.16. The van der Waals surface area contributed by atoms with Crippen molar-refractivity contribution in [2.24, 2.45) is 41.4 Å². The SMILES string of the molecule is C1CC1.C1CCC1.C1CCCC1.C1CCNC1.C1CCOCC1.C1CNCCN1.C1COCCN1.CC(C)C.CC(C)C.CC(C)C.CC(C)C.CC(C)C.CC(C)C.CC(C)C. The van der Waals surface area contributed by atoms with Gasteiger partial charge in [0.15, 0.2) is 0 Å². The summed E-state index contributed by atoms with van der Waals surface area (Å²) in [6.45, 7) is 58.4. The van der Waals surface area contributed by atoms with Gasteiger partial charge in [-0.25, -0.2) is 0 Å².